The third-order valence-electron chi connectivity index (χ3n) is 2.79. The van der Waals surface area contributed by atoms with E-state index in [2.05, 4.69) is 24.3 Å². The minimum atomic E-state index is 0.0900. The maximum Gasteiger partial charge on any atom is 0.152 e. The first-order chi connectivity index (χ1) is 8.77. The second kappa shape index (κ2) is 5.97. The number of rotatable bonds is 4. The summed E-state index contributed by atoms with van der Waals surface area (Å²) in [4.78, 5) is 10.9. The third-order valence-corrected chi connectivity index (χ3v) is 2.79. The third kappa shape index (κ3) is 3.17. The summed E-state index contributed by atoms with van der Waals surface area (Å²) in [6.07, 6.45) is 4.33. The first kappa shape index (κ1) is 12.3. The fourth-order valence-corrected chi connectivity index (χ4v) is 1.95. The van der Waals surface area contributed by atoms with Crippen LogP contribution in [-0.4, -0.2) is 5.78 Å². The highest BCUT2D eigenvalue weighted by molar-refractivity contribution is 5.87. The summed E-state index contributed by atoms with van der Waals surface area (Å²) in [6, 6.07) is 18.6. The molecule has 2 aromatic carbocycles. The number of carbonyl (C=O) groups is 1. The molecule has 0 unspecified atom stereocenters. The van der Waals surface area contributed by atoms with Gasteiger partial charge in [0.25, 0.3) is 0 Å². The van der Waals surface area contributed by atoms with Crippen LogP contribution >= 0.6 is 0 Å². The largest absolute Gasteiger partial charge is 0.295 e. The molecular weight excluding hydrogens is 220 g/mol. The second-order valence-electron chi connectivity index (χ2n) is 4.24. The van der Waals surface area contributed by atoms with Gasteiger partial charge in [0, 0.05) is 0 Å². The molecule has 0 fully saturated rings. The highest BCUT2D eigenvalue weighted by Crippen LogP contribution is 2.23. The first-order valence-corrected chi connectivity index (χ1v) is 6.08. The van der Waals surface area contributed by atoms with Crippen molar-refractivity contribution in [3.8, 4) is 11.1 Å². The van der Waals surface area contributed by atoms with Crippen LogP contribution in [0.4, 0.5) is 0 Å². The van der Waals surface area contributed by atoms with Crippen LogP contribution in [0.2, 0.25) is 0 Å². The number of ketones is 1. The van der Waals surface area contributed by atoms with Gasteiger partial charge >= 0.3 is 0 Å². The van der Waals surface area contributed by atoms with E-state index in [9.17, 15) is 4.79 Å². The molecule has 0 N–H and O–H groups in total. The van der Waals surface area contributed by atoms with Gasteiger partial charge in [-0.3, -0.25) is 4.79 Å². The predicted octanol–water partition coefficient (Wildman–Crippen LogP) is 4.04. The van der Waals surface area contributed by atoms with Crippen molar-refractivity contribution in [2.45, 2.75) is 13.3 Å². The van der Waals surface area contributed by atoms with Crippen molar-refractivity contribution >= 4 is 5.78 Å². The molecule has 2 aromatic rings. The normalized spacial score (nSPS) is 10.7. The molecular formula is C17H16O. The Morgan fingerprint density at radius 2 is 1.67 bits per heavy atom. The molecule has 0 aliphatic carbocycles. The van der Waals surface area contributed by atoms with Crippen molar-refractivity contribution in [2.24, 2.45) is 0 Å². The predicted molar refractivity (Wildman–Crippen MR) is 75.4 cm³/mol. The summed E-state index contributed by atoms with van der Waals surface area (Å²) >= 11 is 0. The molecule has 0 saturated heterocycles. The van der Waals surface area contributed by atoms with Crippen molar-refractivity contribution < 1.29 is 4.79 Å². The molecule has 0 aliphatic rings. The van der Waals surface area contributed by atoms with Gasteiger partial charge in [-0.05, 0) is 36.1 Å². The van der Waals surface area contributed by atoms with E-state index < -0.39 is 0 Å². The summed E-state index contributed by atoms with van der Waals surface area (Å²) in [7, 11) is 0. The molecule has 1 heteroatoms. The fourth-order valence-electron chi connectivity index (χ4n) is 1.95. The zero-order chi connectivity index (χ0) is 12.8. The zero-order valence-electron chi connectivity index (χ0n) is 10.5. The Balaban J connectivity index is 2.29. The molecule has 18 heavy (non-hydrogen) atoms. The smallest absolute Gasteiger partial charge is 0.152 e. The number of hydrogen-bond acceptors (Lipinski definition) is 1. The molecule has 0 heterocycles. The van der Waals surface area contributed by atoms with E-state index in [4.69, 9.17) is 0 Å². The Bertz CT molecular complexity index is 553. The van der Waals surface area contributed by atoms with Gasteiger partial charge in [0.15, 0.2) is 5.78 Å². The maximum absolute atomic E-state index is 10.9. The van der Waals surface area contributed by atoms with Gasteiger partial charge in [0.1, 0.15) is 0 Å². The highest BCUT2D eigenvalue weighted by Gasteiger charge is 2.02. The van der Waals surface area contributed by atoms with Crippen LogP contribution in [0, 0.1) is 0 Å². The second-order valence-corrected chi connectivity index (χ2v) is 4.24. The van der Waals surface area contributed by atoms with E-state index in [0.717, 1.165) is 6.42 Å². The number of benzene rings is 2. The lowest BCUT2D eigenvalue weighted by Gasteiger charge is -2.07. The minimum absolute atomic E-state index is 0.0900. The lowest BCUT2D eigenvalue weighted by atomic mass is 9.97. The first-order valence-electron chi connectivity index (χ1n) is 6.08. The Morgan fingerprint density at radius 1 is 1.00 bits per heavy atom. The lowest BCUT2D eigenvalue weighted by molar-refractivity contribution is -0.112. The van der Waals surface area contributed by atoms with E-state index in [1.165, 1.54) is 16.7 Å². The van der Waals surface area contributed by atoms with Gasteiger partial charge in [-0.25, -0.2) is 0 Å². The fraction of sp³-hybridized carbons (Fsp3) is 0.118. The van der Waals surface area contributed by atoms with Crippen LogP contribution in [0.15, 0.2) is 66.7 Å². The maximum atomic E-state index is 10.9. The SMILES string of the molecule is CC(=O)C=CCc1ccccc1-c1ccccc1. The van der Waals surface area contributed by atoms with Crippen LogP contribution < -0.4 is 0 Å². The van der Waals surface area contributed by atoms with Crippen molar-refractivity contribution in [3.63, 3.8) is 0 Å². The van der Waals surface area contributed by atoms with E-state index >= 15 is 0 Å². The van der Waals surface area contributed by atoms with Gasteiger partial charge < -0.3 is 0 Å². The lowest BCUT2D eigenvalue weighted by Crippen LogP contribution is -1.89. The van der Waals surface area contributed by atoms with E-state index in [1.807, 2.05) is 36.4 Å². The quantitative estimate of drug-likeness (QED) is 0.732. The van der Waals surface area contributed by atoms with Crippen LogP contribution in [0.25, 0.3) is 11.1 Å². The topological polar surface area (TPSA) is 17.1 Å². The van der Waals surface area contributed by atoms with Gasteiger partial charge in [-0.1, -0.05) is 60.7 Å². The van der Waals surface area contributed by atoms with Gasteiger partial charge in [-0.2, -0.15) is 0 Å². The minimum Gasteiger partial charge on any atom is -0.295 e. The standard InChI is InChI=1S/C17H16O/c1-14(18)8-7-12-16-11-5-6-13-17(16)15-9-3-2-4-10-15/h2-11,13H,12H2,1H3. The molecule has 0 saturated carbocycles. The average molecular weight is 236 g/mol. The Labute approximate surface area is 108 Å². The zero-order valence-corrected chi connectivity index (χ0v) is 10.5. The number of allylic oxidation sites excluding steroid dienone is 2. The molecule has 0 aromatic heterocycles. The molecule has 0 amide bonds. The number of hydrogen-bond donors (Lipinski definition) is 0. The van der Waals surface area contributed by atoms with Crippen molar-refractivity contribution in [1.82, 2.24) is 0 Å². The van der Waals surface area contributed by atoms with Gasteiger partial charge in [-0.15, -0.1) is 0 Å². The Kier molecular flexibility index (Phi) is 4.08. The molecule has 0 radical (unpaired) electrons. The Morgan fingerprint density at radius 3 is 2.39 bits per heavy atom. The molecule has 2 rings (SSSR count). The summed E-state index contributed by atoms with van der Waals surface area (Å²) in [6.45, 7) is 1.57. The van der Waals surface area contributed by atoms with Crippen molar-refractivity contribution in [1.29, 1.82) is 0 Å². The Hall–Kier alpha value is -2.15. The number of carbonyl (C=O) groups excluding carboxylic acids is 1. The van der Waals surface area contributed by atoms with Crippen LogP contribution in [0.5, 0.6) is 0 Å². The molecule has 1 nitrogen and oxygen atoms in total. The van der Waals surface area contributed by atoms with E-state index in [1.54, 1.807) is 13.0 Å². The summed E-state index contributed by atoms with van der Waals surface area (Å²) in [5.41, 5.74) is 3.68. The van der Waals surface area contributed by atoms with Crippen LogP contribution in [0.3, 0.4) is 0 Å². The molecule has 90 valence electrons. The molecule has 0 atom stereocenters. The van der Waals surface area contributed by atoms with Crippen LogP contribution in [-0.2, 0) is 11.2 Å². The molecule has 0 spiro atoms. The van der Waals surface area contributed by atoms with Crippen LogP contribution in [0.1, 0.15) is 12.5 Å². The van der Waals surface area contributed by atoms with Gasteiger partial charge in [0.2, 0.25) is 0 Å². The average Bonchev–Trinajstić information content (AvgIpc) is 2.40. The van der Waals surface area contributed by atoms with Gasteiger partial charge in [0.05, 0.1) is 0 Å². The summed E-state index contributed by atoms with van der Waals surface area (Å²) in [5, 5.41) is 0. The summed E-state index contributed by atoms with van der Waals surface area (Å²) in [5.74, 6) is 0.0900. The molecule has 0 bridgehead atoms. The van der Waals surface area contributed by atoms with Crippen molar-refractivity contribution in [3.05, 3.63) is 72.3 Å². The monoisotopic (exact) mass is 236 g/mol. The van der Waals surface area contributed by atoms with E-state index in [-0.39, 0.29) is 5.78 Å². The van der Waals surface area contributed by atoms with Crippen molar-refractivity contribution in [2.75, 3.05) is 0 Å². The molecule has 0 aliphatic heterocycles. The van der Waals surface area contributed by atoms with E-state index in [0.29, 0.717) is 0 Å². The highest BCUT2D eigenvalue weighted by atomic mass is 16.1. The summed E-state index contributed by atoms with van der Waals surface area (Å²) < 4.78 is 0.